The van der Waals surface area contributed by atoms with Crippen molar-refractivity contribution in [2.75, 3.05) is 39.6 Å². The van der Waals surface area contributed by atoms with Gasteiger partial charge in [-0.1, -0.05) is 0 Å². The van der Waals surface area contributed by atoms with Gasteiger partial charge in [-0.2, -0.15) is 0 Å². The Balaban J connectivity index is 1.64. The minimum atomic E-state index is -1.97. The molecule has 0 saturated carbocycles. The number of carbonyl (C=O) groups is 1. The first-order chi connectivity index (χ1) is 22.7. The van der Waals surface area contributed by atoms with Crippen molar-refractivity contribution in [2.45, 2.75) is 123 Å². The number of rotatable bonds is 12. The van der Waals surface area contributed by atoms with E-state index in [9.17, 15) is 66.1 Å². The van der Waals surface area contributed by atoms with Gasteiger partial charge in [-0.05, 0) is 0 Å². The summed E-state index contributed by atoms with van der Waals surface area (Å²) in [5.74, 6) is -0.692. The average molecular weight is 706 g/mol. The van der Waals surface area contributed by atoms with Crippen molar-refractivity contribution in [3.63, 3.8) is 0 Å². The number of carbonyl (C=O) groups excluding carboxylic acids is 1. The van der Waals surface area contributed by atoms with Crippen molar-refractivity contribution in [1.82, 2.24) is 5.32 Å². The fourth-order valence-electron chi connectivity index (χ4n) is 6.10. The van der Waals surface area contributed by atoms with Crippen LogP contribution in [0.5, 0.6) is 0 Å². The van der Waals surface area contributed by atoms with E-state index < -0.39 is 155 Å². The summed E-state index contributed by atoms with van der Waals surface area (Å²) in [6.07, 6.45) is -26.8. The van der Waals surface area contributed by atoms with Gasteiger partial charge in [-0.15, -0.1) is 0 Å². The van der Waals surface area contributed by atoms with Gasteiger partial charge in [-0.3, -0.25) is 4.79 Å². The Morgan fingerprint density at radius 3 is 1.81 bits per heavy atom. The van der Waals surface area contributed by atoms with Crippen LogP contribution >= 0.6 is 0 Å². The lowest BCUT2D eigenvalue weighted by Crippen LogP contribution is -2.69. The number of ether oxygens (including phenoxy) is 7. The molecule has 48 heavy (non-hydrogen) atoms. The SMILES string of the molecule is CC(=O)NC1C(O[C@@H]2OC(CO)[C@H](O)C(O)C2O)CC(CO)(CO)O[C@H]1OC1C(O)[C@H](O[C@@H]2C(CO)OCC(O)C2O)OC(CO)[C@@H]1O. The average Bonchev–Trinajstić information content (AvgIpc) is 3.07. The minimum absolute atomic E-state index is 0.336. The van der Waals surface area contributed by atoms with Crippen LogP contribution in [0.1, 0.15) is 13.3 Å². The molecule has 13 N–H and O–H groups in total. The third kappa shape index (κ3) is 8.26. The van der Waals surface area contributed by atoms with Gasteiger partial charge in [0.1, 0.15) is 84.9 Å². The molecule has 0 radical (unpaired) electrons. The summed E-state index contributed by atoms with van der Waals surface area (Å²) in [7, 11) is 0. The molecule has 4 fully saturated rings. The van der Waals surface area contributed by atoms with Crippen LogP contribution < -0.4 is 5.32 Å². The third-order valence-corrected chi connectivity index (χ3v) is 8.90. The molecule has 17 atom stereocenters. The van der Waals surface area contributed by atoms with E-state index in [0.717, 1.165) is 6.92 Å². The Morgan fingerprint density at radius 2 is 1.25 bits per heavy atom. The van der Waals surface area contributed by atoms with Gasteiger partial charge in [0.15, 0.2) is 18.9 Å². The maximum absolute atomic E-state index is 12.4. The summed E-state index contributed by atoms with van der Waals surface area (Å²) in [6, 6.07) is -1.43. The fourth-order valence-corrected chi connectivity index (χ4v) is 6.10. The summed E-state index contributed by atoms with van der Waals surface area (Å²) in [6.45, 7) is -3.29. The molecule has 4 rings (SSSR count). The van der Waals surface area contributed by atoms with Crippen LogP contribution in [0.15, 0.2) is 0 Å². The Morgan fingerprint density at radius 1 is 0.688 bits per heavy atom. The molecule has 0 aromatic heterocycles. The van der Waals surface area contributed by atoms with Crippen molar-refractivity contribution in [3.05, 3.63) is 0 Å². The monoisotopic (exact) mass is 705 g/mol. The van der Waals surface area contributed by atoms with Gasteiger partial charge in [0, 0.05) is 13.3 Å². The molecule has 4 aliphatic rings. The summed E-state index contributed by atoms with van der Waals surface area (Å²) in [5.41, 5.74) is -1.89. The highest BCUT2D eigenvalue weighted by Crippen LogP contribution is 2.37. The molecule has 0 bridgehead atoms. The first-order valence-electron chi connectivity index (χ1n) is 15.4. The predicted octanol–water partition coefficient (Wildman–Crippen LogP) is -8.53. The van der Waals surface area contributed by atoms with Crippen LogP contribution in [0.3, 0.4) is 0 Å². The summed E-state index contributed by atoms with van der Waals surface area (Å²) in [5, 5.41) is 126. The van der Waals surface area contributed by atoms with Gasteiger partial charge < -0.3 is 99.8 Å². The van der Waals surface area contributed by atoms with Gasteiger partial charge in [0.25, 0.3) is 0 Å². The number of aliphatic hydroxyl groups excluding tert-OH is 12. The highest BCUT2D eigenvalue weighted by Gasteiger charge is 2.55. The zero-order valence-corrected chi connectivity index (χ0v) is 25.9. The first kappa shape index (κ1) is 39.5. The predicted molar refractivity (Wildman–Crippen MR) is 149 cm³/mol. The second-order valence-electron chi connectivity index (χ2n) is 12.3. The molecule has 4 heterocycles. The molecule has 0 spiro atoms. The van der Waals surface area contributed by atoms with E-state index in [1.165, 1.54) is 0 Å². The topological polar surface area (TPSA) is 336 Å². The fraction of sp³-hybridized carbons (Fsp3) is 0.963. The van der Waals surface area contributed by atoms with Crippen molar-refractivity contribution < 1.29 is 99.2 Å². The molecular weight excluding hydrogens is 658 g/mol. The maximum atomic E-state index is 12.4. The number of hydrogen-bond donors (Lipinski definition) is 13. The lowest BCUT2D eigenvalue weighted by Gasteiger charge is -2.51. The van der Waals surface area contributed by atoms with E-state index in [1.54, 1.807) is 0 Å². The normalized spacial score (nSPS) is 46.6. The van der Waals surface area contributed by atoms with Crippen molar-refractivity contribution in [3.8, 4) is 0 Å². The molecule has 21 nitrogen and oxygen atoms in total. The summed E-state index contributed by atoms with van der Waals surface area (Å²) in [4.78, 5) is 12.4. The molecule has 21 heteroatoms. The Bertz CT molecular complexity index is 1020. The van der Waals surface area contributed by atoms with Crippen LogP contribution in [0.25, 0.3) is 0 Å². The number of nitrogens with one attached hydrogen (secondary N) is 1. The van der Waals surface area contributed by atoms with Crippen molar-refractivity contribution in [1.29, 1.82) is 0 Å². The molecule has 1 amide bonds. The van der Waals surface area contributed by atoms with Crippen LogP contribution in [0.2, 0.25) is 0 Å². The summed E-state index contributed by atoms with van der Waals surface area (Å²) < 4.78 is 39.7. The van der Waals surface area contributed by atoms with Crippen molar-refractivity contribution >= 4 is 5.91 Å². The Hall–Kier alpha value is -1.29. The smallest absolute Gasteiger partial charge is 0.217 e. The quantitative estimate of drug-likeness (QED) is 0.0896. The lowest BCUT2D eigenvalue weighted by molar-refractivity contribution is -0.376. The maximum Gasteiger partial charge on any atom is 0.217 e. The minimum Gasteiger partial charge on any atom is -0.394 e. The molecule has 0 aromatic carbocycles. The number of aliphatic hydroxyl groups is 12. The van der Waals surface area contributed by atoms with E-state index in [2.05, 4.69) is 5.32 Å². The van der Waals surface area contributed by atoms with E-state index in [-0.39, 0.29) is 6.61 Å². The van der Waals surface area contributed by atoms with Gasteiger partial charge >= 0.3 is 0 Å². The number of amides is 1. The lowest BCUT2D eigenvalue weighted by atomic mass is 9.89. The number of hydrogen-bond acceptors (Lipinski definition) is 20. The van der Waals surface area contributed by atoms with E-state index in [1.807, 2.05) is 0 Å². The molecule has 0 aromatic rings. The van der Waals surface area contributed by atoms with Gasteiger partial charge in [0.2, 0.25) is 5.91 Å². The van der Waals surface area contributed by atoms with Crippen LogP contribution in [0, 0.1) is 0 Å². The molecule has 0 aliphatic carbocycles. The summed E-state index contributed by atoms with van der Waals surface area (Å²) >= 11 is 0. The van der Waals surface area contributed by atoms with E-state index in [0.29, 0.717) is 0 Å². The second-order valence-corrected chi connectivity index (χ2v) is 12.3. The molecular formula is C27H47NO20. The highest BCUT2D eigenvalue weighted by molar-refractivity contribution is 5.73. The van der Waals surface area contributed by atoms with Gasteiger partial charge in [-0.25, -0.2) is 0 Å². The Labute approximate surface area is 273 Å². The molecule has 11 unspecified atom stereocenters. The first-order valence-corrected chi connectivity index (χ1v) is 15.4. The molecule has 280 valence electrons. The van der Waals surface area contributed by atoms with E-state index >= 15 is 0 Å². The zero-order chi connectivity index (χ0) is 35.5. The molecule has 4 aliphatic heterocycles. The van der Waals surface area contributed by atoms with Crippen molar-refractivity contribution in [2.24, 2.45) is 0 Å². The molecule has 4 saturated heterocycles. The van der Waals surface area contributed by atoms with Crippen LogP contribution in [-0.2, 0) is 38.0 Å². The Kier molecular flexibility index (Phi) is 13.8. The highest BCUT2D eigenvalue weighted by atomic mass is 16.8. The van der Waals surface area contributed by atoms with E-state index in [4.69, 9.17) is 33.2 Å². The van der Waals surface area contributed by atoms with Crippen LogP contribution in [0.4, 0.5) is 0 Å². The standard InChI is InChI=1S/C27H47NO20/c1-9(34)28-15-11(43-25-20(40)19(39)17(37)12(3-29)44-25)2-27(7-32,8-33)48-24(15)47-23-18(38)13(4-30)45-26(21(23)41)46-22-14(5-31)42-6-10(35)16(22)36/h10-26,29-33,35-41H,2-8H2,1H3,(H,28,34)/t10?,11?,12?,13?,14?,15?,16?,17-,18-,19?,20?,21?,22+,23?,24+,25+,26-/m0/s1. The van der Waals surface area contributed by atoms with Crippen LogP contribution in [-0.4, -0.2) is 217 Å². The second kappa shape index (κ2) is 16.8. The third-order valence-electron chi connectivity index (χ3n) is 8.90. The largest absolute Gasteiger partial charge is 0.394 e. The zero-order valence-electron chi connectivity index (χ0n) is 25.9. The van der Waals surface area contributed by atoms with Gasteiger partial charge in [0.05, 0.1) is 45.7 Å².